The van der Waals surface area contributed by atoms with Crippen LogP contribution in [0.4, 0.5) is 5.82 Å². The summed E-state index contributed by atoms with van der Waals surface area (Å²) in [4.78, 5) is 8.50. The van der Waals surface area contributed by atoms with Gasteiger partial charge in [0.05, 0.1) is 23.2 Å². The molecule has 6 heteroatoms. The smallest absolute Gasteiger partial charge is 0.163 e. The third-order valence-corrected chi connectivity index (χ3v) is 4.48. The summed E-state index contributed by atoms with van der Waals surface area (Å²) in [5.74, 6) is 0.462. The van der Waals surface area contributed by atoms with Gasteiger partial charge in [0.25, 0.3) is 0 Å². The molecule has 0 bridgehead atoms. The summed E-state index contributed by atoms with van der Waals surface area (Å²) in [7, 11) is 0. The van der Waals surface area contributed by atoms with E-state index in [9.17, 15) is 5.11 Å². The third-order valence-electron chi connectivity index (χ3n) is 4.48. The van der Waals surface area contributed by atoms with E-state index in [2.05, 4.69) is 35.1 Å². The van der Waals surface area contributed by atoms with Crippen molar-refractivity contribution in [3.8, 4) is 0 Å². The standard InChI is InChI=1S/C17H19N5O/c1-10-3-2-4-11(5-10)6-14-15-16(18)19-9-20-17(15)22(21-14)12-7-13(23)8-12/h2-5,9,12-13,23H,6-8H2,1H3,(H2,18,19,20). The molecule has 3 N–H and O–H groups in total. The number of rotatable bonds is 3. The van der Waals surface area contributed by atoms with Crippen LogP contribution in [0, 0.1) is 6.92 Å². The van der Waals surface area contributed by atoms with Gasteiger partial charge < -0.3 is 10.8 Å². The van der Waals surface area contributed by atoms with Gasteiger partial charge in [-0.05, 0) is 25.3 Å². The summed E-state index contributed by atoms with van der Waals surface area (Å²) in [6.07, 6.45) is 3.35. The number of hydrogen-bond donors (Lipinski definition) is 2. The molecule has 0 saturated heterocycles. The quantitative estimate of drug-likeness (QED) is 0.772. The van der Waals surface area contributed by atoms with Gasteiger partial charge in [0, 0.05) is 6.42 Å². The van der Waals surface area contributed by atoms with E-state index in [1.165, 1.54) is 17.5 Å². The van der Waals surface area contributed by atoms with E-state index in [0.717, 1.165) is 16.7 Å². The number of aromatic nitrogens is 4. The first kappa shape index (κ1) is 14.1. The molecule has 4 rings (SSSR count). The van der Waals surface area contributed by atoms with Crippen LogP contribution in [0.5, 0.6) is 0 Å². The molecule has 6 nitrogen and oxygen atoms in total. The van der Waals surface area contributed by atoms with E-state index in [1.54, 1.807) is 0 Å². The molecule has 3 aromatic rings. The fourth-order valence-corrected chi connectivity index (χ4v) is 3.22. The number of benzene rings is 1. The lowest BCUT2D eigenvalue weighted by Gasteiger charge is -2.31. The van der Waals surface area contributed by atoms with Crippen LogP contribution >= 0.6 is 0 Å². The van der Waals surface area contributed by atoms with Gasteiger partial charge in [0.15, 0.2) is 5.65 Å². The third kappa shape index (κ3) is 2.45. The Morgan fingerprint density at radius 2 is 2.13 bits per heavy atom. The number of nitrogens with two attached hydrogens (primary N) is 1. The molecule has 2 heterocycles. The number of aliphatic hydroxyl groups excluding tert-OH is 1. The molecular weight excluding hydrogens is 290 g/mol. The summed E-state index contributed by atoms with van der Waals surface area (Å²) in [5.41, 5.74) is 10.2. The minimum Gasteiger partial charge on any atom is -0.393 e. The highest BCUT2D eigenvalue weighted by atomic mass is 16.3. The lowest BCUT2D eigenvalue weighted by molar-refractivity contribution is 0.0449. The van der Waals surface area contributed by atoms with Crippen molar-refractivity contribution in [1.82, 2.24) is 19.7 Å². The van der Waals surface area contributed by atoms with Crippen molar-refractivity contribution in [2.75, 3.05) is 5.73 Å². The van der Waals surface area contributed by atoms with Crippen molar-refractivity contribution < 1.29 is 5.11 Å². The average molecular weight is 309 g/mol. The fraction of sp³-hybridized carbons (Fsp3) is 0.353. The van der Waals surface area contributed by atoms with Gasteiger partial charge >= 0.3 is 0 Å². The highest BCUT2D eigenvalue weighted by Gasteiger charge is 2.32. The first-order valence-electron chi connectivity index (χ1n) is 7.83. The van der Waals surface area contributed by atoms with Crippen LogP contribution in [0.2, 0.25) is 0 Å². The van der Waals surface area contributed by atoms with E-state index in [-0.39, 0.29) is 12.1 Å². The Hall–Kier alpha value is -2.47. The van der Waals surface area contributed by atoms with Gasteiger partial charge in [-0.25, -0.2) is 14.6 Å². The van der Waals surface area contributed by atoms with Crippen LogP contribution < -0.4 is 5.73 Å². The van der Waals surface area contributed by atoms with Gasteiger partial charge in [-0.1, -0.05) is 29.8 Å². The van der Waals surface area contributed by atoms with E-state index < -0.39 is 0 Å². The SMILES string of the molecule is Cc1cccc(Cc2nn(C3CC(O)C3)c3ncnc(N)c23)c1. The molecule has 2 aromatic heterocycles. The maximum atomic E-state index is 9.58. The Morgan fingerprint density at radius 3 is 2.87 bits per heavy atom. The molecule has 0 radical (unpaired) electrons. The lowest BCUT2D eigenvalue weighted by Crippen LogP contribution is -2.31. The first-order chi connectivity index (χ1) is 11.1. The van der Waals surface area contributed by atoms with Crippen LogP contribution in [-0.4, -0.2) is 31.0 Å². The minimum atomic E-state index is -0.237. The normalized spacial score (nSPS) is 20.6. The largest absolute Gasteiger partial charge is 0.393 e. The van der Waals surface area contributed by atoms with Crippen molar-refractivity contribution in [2.24, 2.45) is 0 Å². The molecule has 0 aliphatic heterocycles. The Labute approximate surface area is 134 Å². The molecule has 1 saturated carbocycles. The summed E-state index contributed by atoms with van der Waals surface area (Å²) in [5, 5.41) is 15.2. The summed E-state index contributed by atoms with van der Waals surface area (Å²) < 4.78 is 1.91. The molecule has 0 amide bonds. The Bertz CT molecular complexity index is 867. The molecule has 118 valence electrons. The van der Waals surface area contributed by atoms with E-state index in [0.29, 0.717) is 25.1 Å². The van der Waals surface area contributed by atoms with Gasteiger partial charge in [0.1, 0.15) is 12.1 Å². The van der Waals surface area contributed by atoms with E-state index in [4.69, 9.17) is 10.8 Å². The van der Waals surface area contributed by atoms with Gasteiger partial charge in [0.2, 0.25) is 0 Å². The molecule has 23 heavy (non-hydrogen) atoms. The summed E-state index contributed by atoms with van der Waals surface area (Å²) >= 11 is 0. The number of aliphatic hydroxyl groups is 1. The first-order valence-corrected chi connectivity index (χ1v) is 7.83. The van der Waals surface area contributed by atoms with Crippen LogP contribution in [0.3, 0.4) is 0 Å². The van der Waals surface area contributed by atoms with Crippen molar-refractivity contribution in [1.29, 1.82) is 0 Å². The Balaban J connectivity index is 1.79. The van der Waals surface area contributed by atoms with Crippen molar-refractivity contribution in [3.05, 3.63) is 47.4 Å². The predicted octanol–water partition coefficient (Wildman–Crippen LogP) is 2.00. The van der Waals surface area contributed by atoms with Gasteiger partial charge in [-0.15, -0.1) is 0 Å². The highest BCUT2D eigenvalue weighted by Crippen LogP contribution is 2.35. The maximum absolute atomic E-state index is 9.58. The number of anilines is 1. The van der Waals surface area contributed by atoms with E-state index in [1.807, 2.05) is 10.7 Å². The molecular formula is C17H19N5O. The number of fused-ring (bicyclic) bond motifs is 1. The Morgan fingerprint density at radius 1 is 1.30 bits per heavy atom. The second kappa shape index (κ2) is 5.31. The average Bonchev–Trinajstić information content (AvgIpc) is 2.84. The molecule has 1 fully saturated rings. The zero-order chi connectivity index (χ0) is 16.0. The maximum Gasteiger partial charge on any atom is 0.163 e. The second-order valence-corrected chi connectivity index (χ2v) is 6.29. The van der Waals surface area contributed by atoms with Crippen molar-refractivity contribution >= 4 is 16.9 Å². The molecule has 1 aliphatic carbocycles. The van der Waals surface area contributed by atoms with E-state index >= 15 is 0 Å². The van der Waals surface area contributed by atoms with Crippen molar-refractivity contribution in [3.63, 3.8) is 0 Å². The van der Waals surface area contributed by atoms with Crippen LogP contribution in [0.15, 0.2) is 30.6 Å². The number of nitrogens with zero attached hydrogens (tertiary/aromatic N) is 4. The molecule has 0 spiro atoms. The Kier molecular flexibility index (Phi) is 3.27. The predicted molar refractivity (Wildman–Crippen MR) is 88.0 cm³/mol. The zero-order valence-electron chi connectivity index (χ0n) is 13.0. The molecule has 0 unspecified atom stereocenters. The molecule has 0 atom stereocenters. The van der Waals surface area contributed by atoms with Gasteiger partial charge in [-0.2, -0.15) is 5.10 Å². The molecule has 1 aliphatic rings. The number of aryl methyl sites for hydroxylation is 1. The zero-order valence-corrected chi connectivity index (χ0v) is 13.0. The van der Waals surface area contributed by atoms with Crippen LogP contribution in [-0.2, 0) is 6.42 Å². The fourth-order valence-electron chi connectivity index (χ4n) is 3.22. The monoisotopic (exact) mass is 309 g/mol. The molecule has 1 aromatic carbocycles. The highest BCUT2D eigenvalue weighted by molar-refractivity contribution is 5.88. The second-order valence-electron chi connectivity index (χ2n) is 6.29. The summed E-state index contributed by atoms with van der Waals surface area (Å²) in [6.45, 7) is 2.08. The minimum absolute atomic E-state index is 0.188. The lowest BCUT2D eigenvalue weighted by atomic mass is 9.90. The number of nitrogen functional groups attached to an aromatic ring is 1. The van der Waals surface area contributed by atoms with Gasteiger partial charge in [-0.3, -0.25) is 0 Å². The topological polar surface area (TPSA) is 89.8 Å². The van der Waals surface area contributed by atoms with Crippen LogP contribution in [0.25, 0.3) is 11.0 Å². The van der Waals surface area contributed by atoms with Crippen LogP contribution in [0.1, 0.15) is 35.7 Å². The van der Waals surface area contributed by atoms with Crippen molar-refractivity contribution in [2.45, 2.75) is 38.3 Å². The summed E-state index contributed by atoms with van der Waals surface area (Å²) in [6, 6.07) is 8.55. The number of hydrogen-bond acceptors (Lipinski definition) is 5.